The third-order valence-corrected chi connectivity index (χ3v) is 41.3. The van der Waals surface area contributed by atoms with Crippen molar-refractivity contribution in [2.24, 2.45) is 0 Å². The van der Waals surface area contributed by atoms with Crippen LogP contribution in [0.4, 0.5) is 17.1 Å². The zero-order valence-electron chi connectivity index (χ0n) is 89.3. The summed E-state index contributed by atoms with van der Waals surface area (Å²) < 4.78 is 0. The second-order valence-electron chi connectivity index (χ2n) is 41.5. The molecule has 139 heavy (non-hydrogen) atoms. The highest BCUT2D eigenvalue weighted by atomic mass is 32.1. The summed E-state index contributed by atoms with van der Waals surface area (Å²) in [7, 11) is 0. The van der Waals surface area contributed by atoms with E-state index in [1.807, 2.05) is 0 Å². The molecule has 0 radical (unpaired) electrons. The van der Waals surface area contributed by atoms with Crippen LogP contribution in [0.25, 0.3) is 89.8 Å². The van der Waals surface area contributed by atoms with Gasteiger partial charge in [0, 0.05) is 105 Å². The molecule has 1 nitrogen and oxygen atoms in total. The van der Waals surface area contributed by atoms with Gasteiger partial charge in [0.15, 0.2) is 0 Å². The molecule has 0 fully saturated rings. The molecule has 0 aliphatic carbocycles. The molecule has 0 aliphatic heterocycles. The maximum Gasteiger partial charge on any atom is 0.0481 e. The molecule has 0 unspecified atom stereocenters. The Balaban J connectivity index is 0.928. The van der Waals surface area contributed by atoms with Crippen LogP contribution < -0.4 is 4.90 Å². The van der Waals surface area contributed by atoms with E-state index in [-0.39, 0.29) is 0 Å². The van der Waals surface area contributed by atoms with Crippen molar-refractivity contribution < 1.29 is 0 Å². The summed E-state index contributed by atoms with van der Waals surface area (Å²) in [6.07, 6.45) is 82.2. The molecule has 0 saturated heterocycles. The first-order valence-electron chi connectivity index (χ1n) is 57.6. The van der Waals surface area contributed by atoms with Crippen molar-refractivity contribution in [3.8, 4) is 89.8 Å². The summed E-state index contributed by atoms with van der Waals surface area (Å²) in [4.78, 5) is 29.5. The molecule has 0 bridgehead atoms. The molecule has 0 saturated carbocycles. The second kappa shape index (κ2) is 64.0. The largest absolute Gasteiger partial charge is 0.311 e. The van der Waals surface area contributed by atoms with E-state index in [0.29, 0.717) is 0 Å². The first-order valence-corrected chi connectivity index (χ1v) is 64.9. The summed E-state index contributed by atoms with van der Waals surface area (Å²) in [5.74, 6) is 0. The van der Waals surface area contributed by atoms with Gasteiger partial charge < -0.3 is 4.90 Å². The maximum absolute atomic E-state index is 2.68. The van der Waals surface area contributed by atoms with Crippen LogP contribution in [-0.2, 0) is 57.8 Å². The Bertz CT molecular complexity index is 4820. The first-order chi connectivity index (χ1) is 68.4. The summed E-state index contributed by atoms with van der Waals surface area (Å²) in [6, 6.07) is 53.5. The predicted molar refractivity (Wildman–Crippen MR) is 639 cm³/mol. The van der Waals surface area contributed by atoms with Crippen molar-refractivity contribution in [2.75, 3.05) is 4.90 Å². The highest BCUT2D eigenvalue weighted by Gasteiger charge is 2.27. The van der Waals surface area contributed by atoms with Gasteiger partial charge in [-0.25, -0.2) is 0 Å². The SMILES string of the molecule is CCCCCCCCc1cc(-c2sc(-c3sc(-c4ccc(N(c5ccc(-c6cc(CCCCCCCC)c(-c7cc(CCCCCCCC)c(-c8cc(CCCCCCCC)c(C)s8)s7)s6)cc5)c5ccc(-c6cc(CCCCCCCC)c(-c7cc(CCCCCCCC)c(-c8cc(CCCCCCCC)c(C)s8)s7)s6)cc5)cc4)cc3CCCCCCCC)cc2CCCCCCCC)sc1C. The van der Waals surface area contributed by atoms with Crippen LogP contribution in [0.15, 0.2) is 127 Å². The Morgan fingerprint density at radius 1 is 0.151 bits per heavy atom. The van der Waals surface area contributed by atoms with Crippen molar-refractivity contribution in [1.29, 1.82) is 0 Å². The number of rotatable bonds is 75. The molecule has 12 aromatic rings. The lowest BCUT2D eigenvalue weighted by atomic mass is 10.0. The van der Waals surface area contributed by atoms with Crippen molar-refractivity contribution in [3.05, 3.63) is 192 Å². The summed E-state index contributed by atoms with van der Waals surface area (Å²) in [5.41, 5.74) is 21.7. The molecule has 3 aromatic carbocycles. The molecular weight excluding hydrogens is 1850 g/mol. The van der Waals surface area contributed by atoms with E-state index >= 15 is 0 Å². The third kappa shape index (κ3) is 35.5. The molecule has 0 amide bonds. The number of aryl methyl sites for hydroxylation is 12. The van der Waals surface area contributed by atoms with Gasteiger partial charge in [-0.15, -0.1) is 102 Å². The first kappa shape index (κ1) is 113. The van der Waals surface area contributed by atoms with E-state index in [2.05, 4.69) is 317 Å². The minimum atomic E-state index is 1.13. The molecule has 12 rings (SSSR count). The fourth-order valence-electron chi connectivity index (χ4n) is 21.0. The predicted octanol–water partition coefficient (Wildman–Crippen LogP) is 47.8. The molecule has 10 heteroatoms. The van der Waals surface area contributed by atoms with E-state index in [4.69, 9.17) is 0 Å². The number of hydrogen-bond donors (Lipinski definition) is 0. The van der Waals surface area contributed by atoms with Crippen molar-refractivity contribution in [3.63, 3.8) is 0 Å². The van der Waals surface area contributed by atoms with Gasteiger partial charge in [0.25, 0.3) is 0 Å². The van der Waals surface area contributed by atoms with Gasteiger partial charge >= 0.3 is 0 Å². The van der Waals surface area contributed by atoms with Gasteiger partial charge in [-0.2, -0.15) is 0 Å². The molecule has 0 spiro atoms. The highest BCUT2D eigenvalue weighted by Crippen LogP contribution is 2.53. The lowest BCUT2D eigenvalue weighted by molar-refractivity contribution is 0.607. The van der Waals surface area contributed by atoms with Gasteiger partial charge in [0.1, 0.15) is 0 Å². The third-order valence-electron chi connectivity index (χ3n) is 29.7. The van der Waals surface area contributed by atoms with Gasteiger partial charge in [-0.1, -0.05) is 388 Å². The number of unbranched alkanes of at least 4 members (excludes halogenated alkanes) is 45. The fraction of sp³-hybridized carbons (Fsp3) is 0.581. The highest BCUT2D eigenvalue weighted by molar-refractivity contribution is 7.29. The summed E-state index contributed by atoms with van der Waals surface area (Å²) >= 11 is 18.8. The minimum absolute atomic E-state index is 1.13. The fourth-order valence-corrected chi connectivity index (χ4v) is 32.3. The van der Waals surface area contributed by atoms with Crippen molar-refractivity contribution in [1.82, 2.24) is 0 Å². The lowest BCUT2D eigenvalue weighted by Crippen LogP contribution is -2.09. The van der Waals surface area contributed by atoms with E-state index in [0.717, 1.165) is 19.3 Å². The normalized spacial score (nSPS) is 11.8. The summed E-state index contributed by atoms with van der Waals surface area (Å²) in [5, 5.41) is 0. The van der Waals surface area contributed by atoms with Crippen LogP contribution in [0.2, 0.25) is 0 Å². The van der Waals surface area contributed by atoms with Gasteiger partial charge in [0.2, 0.25) is 0 Å². The Kier molecular flexibility index (Phi) is 51.8. The molecular formula is C129H183NS9. The van der Waals surface area contributed by atoms with Crippen LogP contribution >= 0.6 is 102 Å². The Morgan fingerprint density at radius 2 is 0.288 bits per heavy atom. The molecule has 0 aliphatic rings. The zero-order valence-corrected chi connectivity index (χ0v) is 96.6. The molecule has 758 valence electrons. The quantitative estimate of drug-likeness (QED) is 0.0344. The van der Waals surface area contributed by atoms with Crippen LogP contribution in [0, 0.1) is 20.8 Å². The van der Waals surface area contributed by atoms with E-state index in [1.54, 1.807) is 64.7 Å². The van der Waals surface area contributed by atoms with E-state index in [9.17, 15) is 0 Å². The second-order valence-corrected chi connectivity index (χ2v) is 51.6. The minimum Gasteiger partial charge on any atom is -0.311 e. The Hall–Kier alpha value is -5.24. The molecule has 9 aromatic heterocycles. The van der Waals surface area contributed by atoms with E-state index < -0.39 is 0 Å². The molecule has 0 N–H and O–H groups in total. The Labute approximate surface area is 885 Å². The number of thiophene rings is 9. The average Bonchev–Trinajstić information content (AvgIpc) is 1.72. The van der Waals surface area contributed by atoms with Gasteiger partial charge in [-0.3, -0.25) is 0 Å². The maximum atomic E-state index is 2.68. The van der Waals surface area contributed by atoms with E-state index in [1.165, 1.54) is 492 Å². The average molecular weight is 2040 g/mol. The van der Waals surface area contributed by atoms with Crippen molar-refractivity contribution in [2.45, 2.75) is 488 Å². The summed E-state index contributed by atoms with van der Waals surface area (Å²) in [6.45, 7) is 28.4. The van der Waals surface area contributed by atoms with Crippen LogP contribution in [0.5, 0.6) is 0 Å². The number of anilines is 3. The number of nitrogens with zero attached hydrogens (tertiary/aromatic N) is 1. The van der Waals surface area contributed by atoms with Crippen LogP contribution in [0.3, 0.4) is 0 Å². The lowest BCUT2D eigenvalue weighted by Gasteiger charge is -2.26. The smallest absolute Gasteiger partial charge is 0.0481 e. The van der Waals surface area contributed by atoms with Gasteiger partial charge in [-0.05, 0) is 294 Å². The van der Waals surface area contributed by atoms with Crippen molar-refractivity contribution >= 4 is 119 Å². The molecule has 0 atom stereocenters. The van der Waals surface area contributed by atoms with Gasteiger partial charge in [0.05, 0.1) is 0 Å². The monoisotopic (exact) mass is 2030 g/mol. The van der Waals surface area contributed by atoms with Crippen LogP contribution in [-0.4, -0.2) is 0 Å². The topological polar surface area (TPSA) is 3.24 Å². The number of hydrogen-bond acceptors (Lipinski definition) is 10. The van der Waals surface area contributed by atoms with Crippen LogP contribution in [0.1, 0.15) is 474 Å². The standard InChI is InChI=1S/C129H183NS9/c1-13-22-31-40-49-58-67-103-88-118(131-97(103)10)124-109(73-64-55-46-37-28-19-7)94-121(137-124)127-106(70-61-52-43-34-25-16-4)91-115(134-127)100-76-82-112(83-77-100)130(113-84-78-101(79-85-113)116-92-107(71-62-53-44-35-26-17-5)128(135-116)122-95-110(74-65-56-47-38-29-20-8)125(138-122)119-89-104(98(11)132-119)68-59-50-41-32-23-14-2)114-86-80-102(81-87-114)117-93-108(72-63-54-45-36-27-18-6)129(136-117)123-96-111(75-66-57-48-39-30-21-9)126(139-123)120-90-105(99(12)133-120)69-60-51-42-33-24-15-3/h76-96H,13-75H2,1-12H3. The Morgan fingerprint density at radius 3 is 0.468 bits per heavy atom. The zero-order chi connectivity index (χ0) is 97.4. The number of benzene rings is 3. The molecule has 9 heterocycles.